The van der Waals surface area contributed by atoms with Crippen LogP contribution in [0.1, 0.15) is 0 Å². The van der Waals surface area contributed by atoms with Gasteiger partial charge >= 0.3 is 0 Å². The molecule has 1 aromatic carbocycles. The molecule has 4 heteroatoms. The van der Waals surface area contributed by atoms with Gasteiger partial charge in [0.15, 0.2) is 5.06 Å². The minimum Gasteiger partial charge on any atom is -0.498 e. The van der Waals surface area contributed by atoms with Crippen molar-refractivity contribution < 1.29 is 5.11 Å². The zero-order valence-corrected chi connectivity index (χ0v) is 8.14. The van der Waals surface area contributed by atoms with Gasteiger partial charge in [0.05, 0.1) is 6.20 Å². The summed E-state index contributed by atoms with van der Waals surface area (Å²) >= 11 is 6.99. The fourth-order valence-corrected chi connectivity index (χ4v) is 1.78. The molecule has 0 spiro atoms. The van der Waals surface area contributed by atoms with E-state index in [0.717, 1.165) is 10.6 Å². The van der Waals surface area contributed by atoms with Crippen LogP contribution < -0.4 is 0 Å². The van der Waals surface area contributed by atoms with E-state index in [2.05, 4.69) is 4.98 Å². The molecule has 1 heterocycles. The molecular formula is C9H6ClNOS. The van der Waals surface area contributed by atoms with Crippen LogP contribution >= 0.6 is 22.9 Å². The molecule has 0 atom stereocenters. The Bertz CT molecular complexity index is 410. The number of rotatable bonds is 1. The van der Waals surface area contributed by atoms with Crippen molar-refractivity contribution in [3.05, 3.63) is 35.5 Å². The first-order valence-electron chi connectivity index (χ1n) is 3.66. The summed E-state index contributed by atoms with van der Waals surface area (Å²) < 4.78 is 0. The largest absolute Gasteiger partial charge is 0.498 e. The molecule has 0 saturated carbocycles. The summed E-state index contributed by atoms with van der Waals surface area (Å²) in [6, 6.07) is 7.35. The van der Waals surface area contributed by atoms with Crippen molar-refractivity contribution in [2.75, 3.05) is 0 Å². The zero-order chi connectivity index (χ0) is 9.26. The summed E-state index contributed by atoms with van der Waals surface area (Å²) in [5.74, 6) is 0. The first-order valence-corrected chi connectivity index (χ1v) is 4.86. The number of nitrogens with zero attached hydrogens (tertiary/aromatic N) is 1. The molecule has 66 valence electrons. The van der Waals surface area contributed by atoms with Gasteiger partial charge < -0.3 is 5.11 Å². The van der Waals surface area contributed by atoms with Gasteiger partial charge in [-0.2, -0.15) is 0 Å². The Morgan fingerprint density at radius 1 is 1.23 bits per heavy atom. The molecule has 0 aliphatic heterocycles. The first-order chi connectivity index (χ1) is 6.25. The molecule has 0 amide bonds. The number of halogens is 1. The van der Waals surface area contributed by atoms with Gasteiger partial charge in [-0.1, -0.05) is 35.1 Å². The van der Waals surface area contributed by atoms with Crippen molar-refractivity contribution in [2.45, 2.75) is 0 Å². The second-order valence-electron chi connectivity index (χ2n) is 2.51. The summed E-state index contributed by atoms with van der Waals surface area (Å²) in [4.78, 5) is 4.04. The monoisotopic (exact) mass is 211 g/mol. The molecule has 0 aliphatic rings. The van der Waals surface area contributed by atoms with Crippen LogP contribution in [-0.2, 0) is 0 Å². The number of hydrogen-bond acceptors (Lipinski definition) is 3. The molecular weight excluding hydrogens is 206 g/mol. The van der Waals surface area contributed by atoms with Crippen LogP contribution in [0.4, 0.5) is 0 Å². The zero-order valence-electron chi connectivity index (χ0n) is 6.57. The molecule has 1 aromatic heterocycles. The van der Waals surface area contributed by atoms with Crippen molar-refractivity contribution in [2.24, 2.45) is 0 Å². The third-order valence-corrected chi connectivity index (χ3v) is 2.69. The average Bonchev–Trinajstić information content (AvgIpc) is 2.53. The summed E-state index contributed by atoms with van der Waals surface area (Å²) in [5.41, 5.74) is 0.967. The SMILES string of the molecule is Oc1cnc(-c2ccc(Cl)cc2)s1. The van der Waals surface area contributed by atoms with E-state index in [-0.39, 0.29) is 5.06 Å². The van der Waals surface area contributed by atoms with Crippen molar-refractivity contribution in [1.29, 1.82) is 0 Å². The van der Waals surface area contributed by atoms with Crippen LogP contribution in [0.5, 0.6) is 5.06 Å². The number of aromatic nitrogens is 1. The third kappa shape index (κ3) is 1.82. The normalized spacial score (nSPS) is 10.2. The van der Waals surface area contributed by atoms with Crippen molar-refractivity contribution >= 4 is 22.9 Å². The van der Waals surface area contributed by atoms with Gasteiger partial charge in [-0.25, -0.2) is 4.98 Å². The van der Waals surface area contributed by atoms with E-state index in [9.17, 15) is 0 Å². The second-order valence-corrected chi connectivity index (χ2v) is 3.96. The maximum absolute atomic E-state index is 9.10. The molecule has 13 heavy (non-hydrogen) atoms. The van der Waals surface area contributed by atoms with Crippen LogP contribution in [0.15, 0.2) is 30.5 Å². The Morgan fingerprint density at radius 2 is 1.92 bits per heavy atom. The van der Waals surface area contributed by atoms with Gasteiger partial charge in [0.2, 0.25) is 0 Å². The molecule has 1 N–H and O–H groups in total. The van der Waals surface area contributed by atoms with Crippen LogP contribution in [0.3, 0.4) is 0 Å². The predicted octanol–water partition coefficient (Wildman–Crippen LogP) is 3.17. The number of aromatic hydroxyl groups is 1. The van der Waals surface area contributed by atoms with E-state index in [0.29, 0.717) is 5.02 Å². The maximum atomic E-state index is 9.10. The van der Waals surface area contributed by atoms with Crippen LogP contribution in [-0.4, -0.2) is 10.1 Å². The number of benzene rings is 1. The Morgan fingerprint density at radius 3 is 2.46 bits per heavy atom. The van der Waals surface area contributed by atoms with E-state index in [1.165, 1.54) is 17.5 Å². The summed E-state index contributed by atoms with van der Waals surface area (Å²) in [5, 5.41) is 10.8. The number of thiazole rings is 1. The Balaban J connectivity index is 2.41. The minimum atomic E-state index is 0.227. The molecule has 2 nitrogen and oxygen atoms in total. The van der Waals surface area contributed by atoms with Crippen LogP contribution in [0.2, 0.25) is 5.02 Å². The molecule has 0 radical (unpaired) electrons. The summed E-state index contributed by atoms with van der Waals surface area (Å²) in [6.07, 6.45) is 1.44. The smallest absolute Gasteiger partial charge is 0.192 e. The quantitative estimate of drug-likeness (QED) is 0.786. The highest BCUT2D eigenvalue weighted by Gasteiger charge is 2.02. The van der Waals surface area contributed by atoms with E-state index in [1.54, 1.807) is 12.1 Å². The van der Waals surface area contributed by atoms with Crippen molar-refractivity contribution in [1.82, 2.24) is 4.98 Å². The highest BCUT2D eigenvalue weighted by Crippen LogP contribution is 2.29. The van der Waals surface area contributed by atoms with Crippen molar-refractivity contribution in [3.8, 4) is 15.6 Å². The van der Waals surface area contributed by atoms with E-state index in [4.69, 9.17) is 16.7 Å². The molecule has 2 rings (SSSR count). The van der Waals surface area contributed by atoms with Gasteiger partial charge in [0.1, 0.15) is 5.01 Å². The fourth-order valence-electron chi connectivity index (χ4n) is 0.992. The third-order valence-electron chi connectivity index (χ3n) is 1.58. The topological polar surface area (TPSA) is 33.1 Å². The summed E-state index contributed by atoms with van der Waals surface area (Å²) in [6.45, 7) is 0. The lowest BCUT2D eigenvalue weighted by Gasteiger charge is -1.94. The van der Waals surface area contributed by atoms with E-state index in [1.807, 2.05) is 12.1 Å². The standard InChI is InChI=1S/C9H6ClNOS/c10-7-3-1-6(2-4-7)9-11-5-8(12)13-9/h1-5,12H. The van der Waals surface area contributed by atoms with Crippen LogP contribution in [0, 0.1) is 0 Å². The Kier molecular flexibility index (Phi) is 2.20. The highest BCUT2D eigenvalue weighted by atomic mass is 35.5. The average molecular weight is 212 g/mol. The maximum Gasteiger partial charge on any atom is 0.192 e. The van der Waals surface area contributed by atoms with Gasteiger partial charge in [-0.3, -0.25) is 0 Å². The van der Waals surface area contributed by atoms with E-state index >= 15 is 0 Å². The molecule has 0 bridgehead atoms. The van der Waals surface area contributed by atoms with Crippen LogP contribution in [0.25, 0.3) is 10.6 Å². The number of hydrogen-bond donors (Lipinski definition) is 1. The van der Waals surface area contributed by atoms with Gasteiger partial charge in [-0.15, -0.1) is 0 Å². The Hall–Kier alpha value is -1.06. The fraction of sp³-hybridized carbons (Fsp3) is 0. The predicted molar refractivity (Wildman–Crippen MR) is 54.2 cm³/mol. The lowest BCUT2D eigenvalue weighted by molar-refractivity contribution is 0.489. The summed E-state index contributed by atoms with van der Waals surface area (Å²) in [7, 11) is 0. The molecule has 0 fully saturated rings. The second kappa shape index (κ2) is 3.36. The molecule has 0 unspecified atom stereocenters. The Labute approximate surface area is 84.4 Å². The minimum absolute atomic E-state index is 0.227. The van der Waals surface area contributed by atoms with Crippen molar-refractivity contribution in [3.63, 3.8) is 0 Å². The van der Waals surface area contributed by atoms with Gasteiger partial charge in [0.25, 0.3) is 0 Å². The molecule has 2 aromatic rings. The van der Waals surface area contributed by atoms with Gasteiger partial charge in [-0.05, 0) is 12.1 Å². The van der Waals surface area contributed by atoms with E-state index < -0.39 is 0 Å². The molecule has 0 aliphatic carbocycles. The lowest BCUT2D eigenvalue weighted by Crippen LogP contribution is -1.73. The molecule has 0 saturated heterocycles. The lowest BCUT2D eigenvalue weighted by atomic mass is 10.2. The highest BCUT2D eigenvalue weighted by molar-refractivity contribution is 7.16. The first kappa shape index (κ1) is 8.53. The van der Waals surface area contributed by atoms with Gasteiger partial charge in [0, 0.05) is 10.6 Å².